The van der Waals surface area contributed by atoms with Crippen molar-refractivity contribution < 1.29 is 54.3 Å². The number of carbonyl (C=O) groups excluding carboxylic acids is 4. The first-order chi connectivity index (χ1) is 28.4. The third kappa shape index (κ3) is 12.9. The van der Waals surface area contributed by atoms with Crippen molar-refractivity contribution in [3.63, 3.8) is 0 Å². The lowest BCUT2D eigenvalue weighted by atomic mass is 10.0. The standard InChI is InChI=1S/C20H13ClF4N2O2S.C18H11ClF4N2OS.C2H3ClO/c1-10-26-18(20(23,24)25)17(30-10)19(29)27(11(2)28)16-9-13(21)5-8-15(16)12-3-6-14(22)7-4-12;1-9-24-16(18(21,22)23)15(27-9)17(26)25-14-8-11(19)4-7-13(14)10-2-5-12(20)6-3-10;1-2(3)4/h3-9H,1-2H3;2-8H,1H3,(H,25,26);1H3. The molecule has 0 fully saturated rings. The van der Waals surface area contributed by atoms with Crippen LogP contribution in [0.4, 0.5) is 46.5 Å². The van der Waals surface area contributed by atoms with Gasteiger partial charge in [-0.3, -0.25) is 19.2 Å². The summed E-state index contributed by atoms with van der Waals surface area (Å²) < 4.78 is 106. The van der Waals surface area contributed by atoms with Crippen molar-refractivity contribution in [2.45, 2.75) is 40.0 Å². The van der Waals surface area contributed by atoms with E-state index in [4.69, 9.17) is 23.2 Å². The minimum absolute atomic E-state index is 0.0224. The number of rotatable bonds is 6. The summed E-state index contributed by atoms with van der Waals surface area (Å²) >= 11 is 17.8. The highest BCUT2D eigenvalue weighted by Gasteiger charge is 2.42. The molecular weight excluding hydrogens is 923 g/mol. The molecule has 6 rings (SSSR count). The summed E-state index contributed by atoms with van der Waals surface area (Å²) in [5.41, 5.74) is -0.581. The molecule has 2 heterocycles. The molecule has 1 N–H and O–H groups in total. The number of carbonyl (C=O) groups is 4. The number of hydrogen-bond donors (Lipinski definition) is 1. The molecule has 0 radical (unpaired) electrons. The van der Waals surface area contributed by atoms with Crippen molar-refractivity contribution in [2.75, 3.05) is 10.2 Å². The van der Waals surface area contributed by atoms with Crippen LogP contribution in [0.5, 0.6) is 0 Å². The van der Waals surface area contributed by atoms with Crippen LogP contribution in [0.2, 0.25) is 10.0 Å². The Kier molecular flexibility index (Phi) is 15.9. The van der Waals surface area contributed by atoms with Crippen molar-refractivity contribution in [3.8, 4) is 22.3 Å². The third-order valence-electron chi connectivity index (χ3n) is 7.66. The molecule has 6 aromatic rings. The molecule has 0 unspecified atom stereocenters. The van der Waals surface area contributed by atoms with Crippen LogP contribution in [-0.2, 0) is 21.9 Å². The van der Waals surface area contributed by atoms with E-state index in [1.807, 2.05) is 0 Å². The molecule has 0 saturated carbocycles. The largest absolute Gasteiger partial charge is 0.435 e. The molecule has 0 saturated heterocycles. The highest BCUT2D eigenvalue weighted by atomic mass is 35.5. The maximum Gasteiger partial charge on any atom is 0.435 e. The van der Waals surface area contributed by atoms with Gasteiger partial charge in [0.05, 0.1) is 21.4 Å². The van der Waals surface area contributed by atoms with Crippen LogP contribution in [0, 0.1) is 25.5 Å². The quantitative estimate of drug-likeness (QED) is 0.132. The minimum atomic E-state index is -4.87. The van der Waals surface area contributed by atoms with Gasteiger partial charge in [-0.2, -0.15) is 26.3 Å². The Morgan fingerprint density at radius 3 is 1.51 bits per heavy atom. The summed E-state index contributed by atoms with van der Waals surface area (Å²) in [6, 6.07) is 19.5. The Labute approximate surface area is 364 Å². The fourth-order valence-corrected chi connectivity index (χ4v) is 7.35. The summed E-state index contributed by atoms with van der Waals surface area (Å²) in [7, 11) is 0. The predicted octanol–water partition coefficient (Wildman–Crippen LogP) is 13.1. The summed E-state index contributed by atoms with van der Waals surface area (Å²) in [6.07, 6.45) is -9.61. The van der Waals surface area contributed by atoms with E-state index < -0.39 is 62.9 Å². The van der Waals surface area contributed by atoms with Gasteiger partial charge in [0.2, 0.25) is 11.1 Å². The number of thiazole rings is 2. The van der Waals surface area contributed by atoms with E-state index in [1.54, 1.807) is 12.1 Å². The van der Waals surface area contributed by atoms with Gasteiger partial charge < -0.3 is 5.32 Å². The van der Waals surface area contributed by atoms with Crippen LogP contribution < -0.4 is 10.2 Å². The normalized spacial score (nSPS) is 11.1. The van der Waals surface area contributed by atoms with Gasteiger partial charge in [0.1, 0.15) is 21.4 Å². The first kappa shape index (κ1) is 48.4. The average Bonchev–Trinajstić information content (AvgIpc) is 3.76. The van der Waals surface area contributed by atoms with Gasteiger partial charge in [0, 0.05) is 35.0 Å². The van der Waals surface area contributed by atoms with Crippen molar-refractivity contribution >= 4 is 91.8 Å². The molecule has 0 aliphatic rings. The summed E-state index contributed by atoms with van der Waals surface area (Å²) in [6.45, 7) is 5.06. The Morgan fingerprint density at radius 2 is 1.05 bits per heavy atom. The number of alkyl halides is 6. The van der Waals surface area contributed by atoms with Crippen molar-refractivity contribution in [3.05, 3.63) is 138 Å². The second kappa shape index (κ2) is 20.1. The number of nitrogens with zero attached hydrogens (tertiary/aromatic N) is 3. The zero-order valence-electron chi connectivity index (χ0n) is 31.5. The molecule has 0 spiro atoms. The van der Waals surface area contributed by atoms with Crippen LogP contribution in [0.3, 0.4) is 0 Å². The summed E-state index contributed by atoms with van der Waals surface area (Å²) in [4.78, 5) is 53.4. The number of amides is 3. The molecule has 320 valence electrons. The first-order valence-corrected chi connectivity index (χ1v) is 19.7. The zero-order chi connectivity index (χ0) is 45.6. The lowest BCUT2D eigenvalue weighted by molar-refractivity contribution is -0.141. The first-order valence-electron chi connectivity index (χ1n) is 16.9. The van der Waals surface area contributed by atoms with E-state index in [9.17, 15) is 54.3 Å². The molecule has 0 aliphatic heterocycles. The molecule has 61 heavy (non-hydrogen) atoms. The Bertz CT molecular complexity index is 2580. The molecule has 2 aromatic heterocycles. The summed E-state index contributed by atoms with van der Waals surface area (Å²) in [5, 5.41) is 2.69. The van der Waals surface area contributed by atoms with Gasteiger partial charge in [-0.1, -0.05) is 59.6 Å². The Hall–Kier alpha value is -5.27. The number of benzene rings is 4. The van der Waals surface area contributed by atoms with E-state index in [1.165, 1.54) is 93.6 Å². The maximum absolute atomic E-state index is 13.4. The minimum Gasteiger partial charge on any atom is -0.321 e. The number of halogens is 11. The number of imide groups is 1. The molecule has 8 nitrogen and oxygen atoms in total. The number of hydrogen-bond acceptors (Lipinski definition) is 8. The van der Waals surface area contributed by atoms with E-state index in [0.717, 1.165) is 6.92 Å². The molecule has 4 aromatic carbocycles. The van der Waals surface area contributed by atoms with Crippen LogP contribution in [0.1, 0.15) is 54.6 Å². The second-order valence-electron chi connectivity index (χ2n) is 12.3. The highest BCUT2D eigenvalue weighted by Crippen LogP contribution is 2.40. The number of aryl methyl sites for hydroxylation is 2. The number of anilines is 2. The average molecular weight is 950 g/mol. The van der Waals surface area contributed by atoms with E-state index in [0.29, 0.717) is 49.8 Å². The second-order valence-corrected chi connectivity index (χ2v) is 16.1. The molecular formula is C40H27Cl3F8N4O4S2. The van der Waals surface area contributed by atoms with Crippen LogP contribution in [-0.4, -0.2) is 32.9 Å². The Morgan fingerprint density at radius 1 is 0.639 bits per heavy atom. The van der Waals surface area contributed by atoms with Crippen LogP contribution >= 0.6 is 57.5 Å². The lowest BCUT2D eigenvalue weighted by Gasteiger charge is -2.23. The van der Waals surface area contributed by atoms with Crippen LogP contribution in [0.15, 0.2) is 84.9 Å². The molecule has 0 atom stereocenters. The zero-order valence-corrected chi connectivity index (χ0v) is 35.4. The third-order valence-corrected chi connectivity index (χ3v) is 10.1. The van der Waals surface area contributed by atoms with Crippen LogP contribution in [0.25, 0.3) is 22.3 Å². The van der Waals surface area contributed by atoms with Gasteiger partial charge in [0.25, 0.3) is 11.8 Å². The van der Waals surface area contributed by atoms with E-state index in [-0.39, 0.29) is 36.7 Å². The topological polar surface area (TPSA) is 109 Å². The monoisotopic (exact) mass is 948 g/mol. The van der Waals surface area contributed by atoms with Gasteiger partial charge in [0.15, 0.2) is 11.4 Å². The summed E-state index contributed by atoms with van der Waals surface area (Å²) in [5.74, 6) is -3.87. The smallest absolute Gasteiger partial charge is 0.321 e. The molecule has 21 heteroatoms. The van der Waals surface area contributed by atoms with Crippen molar-refractivity contribution in [2.24, 2.45) is 0 Å². The molecule has 3 amide bonds. The molecule has 0 aliphatic carbocycles. The number of nitrogens with one attached hydrogen (secondary N) is 1. The predicted molar refractivity (Wildman–Crippen MR) is 219 cm³/mol. The Balaban J connectivity index is 0.000000248. The fraction of sp³-hybridized carbons (Fsp3) is 0.150. The molecule has 0 bridgehead atoms. The maximum atomic E-state index is 13.4. The van der Waals surface area contributed by atoms with Gasteiger partial charge in [-0.05, 0) is 85.1 Å². The number of aromatic nitrogens is 2. The van der Waals surface area contributed by atoms with Crippen molar-refractivity contribution in [1.29, 1.82) is 0 Å². The van der Waals surface area contributed by atoms with Gasteiger partial charge >= 0.3 is 12.4 Å². The van der Waals surface area contributed by atoms with E-state index in [2.05, 4.69) is 26.9 Å². The lowest BCUT2D eigenvalue weighted by Crippen LogP contribution is -2.36. The van der Waals surface area contributed by atoms with Gasteiger partial charge in [-0.25, -0.2) is 23.6 Å². The van der Waals surface area contributed by atoms with E-state index >= 15 is 0 Å². The SMILES string of the molecule is CC(=O)Cl.CC(=O)N(C(=O)c1sc(C)nc1C(F)(F)F)c1cc(Cl)ccc1-c1ccc(F)cc1.Cc1nc(C(F)(F)F)c(C(=O)Nc2cc(Cl)ccc2-c2ccc(F)cc2)s1. The van der Waals surface area contributed by atoms with Crippen molar-refractivity contribution in [1.82, 2.24) is 9.97 Å². The fourth-order valence-electron chi connectivity index (χ4n) is 5.30. The van der Waals surface area contributed by atoms with Gasteiger partial charge in [-0.15, -0.1) is 22.7 Å². The highest BCUT2D eigenvalue weighted by molar-refractivity contribution is 7.14.